The van der Waals surface area contributed by atoms with Crippen LogP contribution in [0.25, 0.3) is 0 Å². The number of carbonyl (C=O) groups is 4. The van der Waals surface area contributed by atoms with Gasteiger partial charge in [0.2, 0.25) is 11.8 Å². The van der Waals surface area contributed by atoms with Gasteiger partial charge < -0.3 is 23.7 Å². The second-order valence-corrected chi connectivity index (χ2v) is 10.00. The van der Waals surface area contributed by atoms with Gasteiger partial charge in [-0.05, 0) is 32.1 Å². The van der Waals surface area contributed by atoms with Crippen molar-refractivity contribution < 1.29 is 42.9 Å². The van der Waals surface area contributed by atoms with Gasteiger partial charge >= 0.3 is 0 Å². The molecular formula is C30H50N2O9. The molecule has 4 aliphatic heterocycles. The number of methoxy groups -OCH3 is 4. The Labute approximate surface area is 245 Å². The van der Waals surface area contributed by atoms with Gasteiger partial charge in [-0.3, -0.25) is 29.0 Å². The molecule has 0 radical (unpaired) electrons. The smallest absolute Gasteiger partial charge is 0.253 e. The molecule has 0 saturated carbocycles. The van der Waals surface area contributed by atoms with Crippen LogP contribution in [0.5, 0.6) is 0 Å². The highest BCUT2D eigenvalue weighted by molar-refractivity contribution is 6.12. The van der Waals surface area contributed by atoms with Gasteiger partial charge in [-0.1, -0.05) is 31.9 Å². The van der Waals surface area contributed by atoms with Crippen LogP contribution in [0.3, 0.4) is 0 Å². The van der Waals surface area contributed by atoms with Crippen molar-refractivity contribution in [3.63, 3.8) is 0 Å². The number of fused-ring (bicyclic) bond motifs is 5. The fraction of sp³-hybridized carbons (Fsp3) is 0.733. The van der Waals surface area contributed by atoms with Crippen molar-refractivity contribution >= 4 is 23.6 Å². The Morgan fingerprint density at radius 3 is 1.41 bits per heavy atom. The fourth-order valence-electron chi connectivity index (χ4n) is 4.77. The Hall–Kier alpha value is -2.44. The molecule has 2 bridgehead atoms. The summed E-state index contributed by atoms with van der Waals surface area (Å²) in [5.41, 5.74) is 0. The summed E-state index contributed by atoms with van der Waals surface area (Å²) in [5, 5.41) is 0. The van der Waals surface area contributed by atoms with E-state index < -0.39 is 0 Å². The maximum atomic E-state index is 12.2. The zero-order chi connectivity index (χ0) is 30.6. The monoisotopic (exact) mass is 582 g/mol. The van der Waals surface area contributed by atoms with Crippen LogP contribution in [0, 0.1) is 11.8 Å². The summed E-state index contributed by atoms with van der Waals surface area (Å²) in [6, 6.07) is 0. The summed E-state index contributed by atoms with van der Waals surface area (Å²) in [7, 11) is 8.28. The number of ether oxygens (including phenoxy) is 5. The molecule has 4 atom stereocenters. The second-order valence-electron chi connectivity index (χ2n) is 10.00. The Balaban J connectivity index is 0.000000320. The van der Waals surface area contributed by atoms with Gasteiger partial charge in [0.15, 0.2) is 0 Å². The van der Waals surface area contributed by atoms with Crippen LogP contribution in [0.4, 0.5) is 0 Å². The SMILES string of the molecule is CCCCCOC.COC.COCCCCN1C(=O)C2C3C=CC(O3)C2C1=O.COCCCCN1C(=O)C=CC1=O. The van der Waals surface area contributed by atoms with Crippen LogP contribution in [0.15, 0.2) is 24.3 Å². The van der Waals surface area contributed by atoms with Crippen molar-refractivity contribution in [2.45, 2.75) is 64.1 Å². The van der Waals surface area contributed by atoms with E-state index in [1.165, 1.54) is 41.2 Å². The number of likely N-dealkylation sites (tertiary alicyclic amines) is 1. The van der Waals surface area contributed by atoms with E-state index in [4.69, 9.17) is 18.9 Å². The molecule has 11 nitrogen and oxygen atoms in total. The molecule has 4 heterocycles. The molecule has 2 saturated heterocycles. The first kappa shape index (κ1) is 36.6. The van der Waals surface area contributed by atoms with Crippen molar-refractivity contribution in [2.24, 2.45) is 11.8 Å². The maximum absolute atomic E-state index is 12.2. The van der Waals surface area contributed by atoms with Crippen LogP contribution in [0.2, 0.25) is 0 Å². The van der Waals surface area contributed by atoms with Gasteiger partial charge in [-0.25, -0.2) is 0 Å². The van der Waals surface area contributed by atoms with Gasteiger partial charge in [0.1, 0.15) is 0 Å². The molecule has 0 aromatic heterocycles. The molecule has 4 unspecified atom stereocenters. The van der Waals surface area contributed by atoms with Crippen LogP contribution >= 0.6 is 0 Å². The molecule has 2 fully saturated rings. The number of imide groups is 2. The molecular weight excluding hydrogens is 532 g/mol. The number of amides is 4. The predicted molar refractivity (Wildman–Crippen MR) is 154 cm³/mol. The number of hydrogen-bond donors (Lipinski definition) is 0. The lowest BCUT2D eigenvalue weighted by Gasteiger charge is -2.17. The topological polar surface area (TPSA) is 121 Å². The molecule has 0 aromatic rings. The van der Waals surface area contributed by atoms with Crippen LogP contribution < -0.4 is 0 Å². The average molecular weight is 583 g/mol. The molecule has 4 aliphatic rings. The first-order valence-electron chi connectivity index (χ1n) is 14.4. The summed E-state index contributed by atoms with van der Waals surface area (Å²) in [6.07, 6.45) is 13.2. The lowest BCUT2D eigenvalue weighted by molar-refractivity contribution is -0.142. The van der Waals surface area contributed by atoms with E-state index in [0.29, 0.717) is 26.3 Å². The van der Waals surface area contributed by atoms with Crippen molar-refractivity contribution in [1.29, 1.82) is 0 Å². The van der Waals surface area contributed by atoms with Gasteiger partial charge in [0.25, 0.3) is 11.8 Å². The number of unbranched alkanes of at least 4 members (excludes halogenated alkanes) is 4. The number of hydrogen-bond acceptors (Lipinski definition) is 9. The summed E-state index contributed by atoms with van der Waals surface area (Å²) in [6.45, 7) is 5.45. The third-order valence-electron chi connectivity index (χ3n) is 6.81. The van der Waals surface area contributed by atoms with Crippen LogP contribution in [-0.2, 0) is 42.9 Å². The zero-order valence-corrected chi connectivity index (χ0v) is 25.7. The third kappa shape index (κ3) is 11.8. The summed E-state index contributed by atoms with van der Waals surface area (Å²) in [4.78, 5) is 49.2. The molecule has 4 amide bonds. The van der Waals surface area contributed by atoms with E-state index >= 15 is 0 Å². The van der Waals surface area contributed by atoms with Crippen molar-refractivity contribution in [3.05, 3.63) is 24.3 Å². The zero-order valence-electron chi connectivity index (χ0n) is 25.7. The standard InChI is InChI=1S/C13H17NO4.C9H13NO3.C6H14O.C2H6O/c1-17-7-3-2-6-14-12(15)10-8-4-5-9(18-8)11(10)13(14)16;1-13-7-3-2-6-10-8(11)4-5-9(10)12;1-3-4-5-6-7-2;1-3-2/h4-5,8-11H,2-3,6-7H2,1H3;4-5H,2-3,6-7H2,1H3;3-6H2,1-2H3;1-2H3. The van der Waals surface area contributed by atoms with Gasteiger partial charge in [0, 0.05) is 80.6 Å². The van der Waals surface area contributed by atoms with E-state index in [-0.39, 0.29) is 47.7 Å². The largest absolute Gasteiger partial charge is 0.388 e. The second kappa shape index (κ2) is 21.3. The Morgan fingerprint density at radius 1 is 0.634 bits per heavy atom. The first-order valence-corrected chi connectivity index (χ1v) is 14.4. The third-order valence-corrected chi connectivity index (χ3v) is 6.81. The lowest BCUT2D eigenvalue weighted by Crippen LogP contribution is -2.35. The lowest BCUT2D eigenvalue weighted by atomic mass is 9.85. The average Bonchev–Trinajstić information content (AvgIpc) is 3.72. The number of rotatable bonds is 14. The minimum Gasteiger partial charge on any atom is -0.388 e. The van der Waals surface area contributed by atoms with E-state index in [1.54, 1.807) is 35.5 Å². The molecule has 11 heteroatoms. The van der Waals surface area contributed by atoms with E-state index in [9.17, 15) is 19.2 Å². The van der Waals surface area contributed by atoms with Gasteiger partial charge in [0.05, 0.1) is 24.0 Å². The molecule has 0 aliphatic carbocycles. The molecule has 0 spiro atoms. The molecule has 0 N–H and O–H groups in total. The summed E-state index contributed by atoms with van der Waals surface area (Å²) < 4.78 is 24.5. The highest BCUT2D eigenvalue weighted by Gasteiger charge is 2.60. The van der Waals surface area contributed by atoms with Crippen LogP contribution in [0.1, 0.15) is 51.9 Å². The minimum atomic E-state index is -0.269. The van der Waals surface area contributed by atoms with Crippen LogP contribution in [-0.4, -0.2) is 114 Å². The van der Waals surface area contributed by atoms with E-state index in [2.05, 4.69) is 11.7 Å². The van der Waals surface area contributed by atoms with Crippen molar-refractivity contribution in [3.8, 4) is 0 Å². The van der Waals surface area contributed by atoms with Gasteiger partial charge in [-0.2, -0.15) is 0 Å². The van der Waals surface area contributed by atoms with Crippen molar-refractivity contribution in [1.82, 2.24) is 9.80 Å². The normalized spacial score (nSPS) is 23.3. The summed E-state index contributed by atoms with van der Waals surface area (Å²) >= 11 is 0. The van der Waals surface area contributed by atoms with E-state index in [1.807, 2.05) is 12.2 Å². The minimum absolute atomic E-state index is 0.0562. The van der Waals surface area contributed by atoms with Gasteiger partial charge in [-0.15, -0.1) is 0 Å². The van der Waals surface area contributed by atoms with E-state index in [0.717, 1.165) is 32.3 Å². The number of nitrogens with zero attached hydrogens (tertiary/aromatic N) is 2. The van der Waals surface area contributed by atoms with Crippen molar-refractivity contribution in [2.75, 3.05) is 68.5 Å². The highest BCUT2D eigenvalue weighted by Crippen LogP contribution is 2.45. The predicted octanol–water partition coefficient (Wildman–Crippen LogP) is 2.78. The molecule has 4 rings (SSSR count). The Bertz CT molecular complexity index is 809. The maximum Gasteiger partial charge on any atom is 0.253 e. The summed E-state index contributed by atoms with van der Waals surface area (Å²) in [5.74, 6) is -1.06. The Kier molecular flexibility index (Phi) is 19.0. The quantitative estimate of drug-likeness (QED) is 0.173. The molecule has 234 valence electrons. The Morgan fingerprint density at radius 2 is 1.02 bits per heavy atom. The highest BCUT2D eigenvalue weighted by atomic mass is 16.5. The molecule has 0 aromatic carbocycles. The molecule has 41 heavy (non-hydrogen) atoms. The number of carbonyl (C=O) groups excluding carboxylic acids is 4. The first-order chi connectivity index (χ1) is 19.8. The fourth-order valence-corrected chi connectivity index (χ4v) is 4.77.